The van der Waals surface area contributed by atoms with Crippen LogP contribution in [-0.4, -0.2) is 39.7 Å². The quantitative estimate of drug-likeness (QED) is 0.366. The van der Waals surface area contributed by atoms with Crippen molar-refractivity contribution in [2.45, 2.75) is 26.2 Å². The van der Waals surface area contributed by atoms with Crippen LogP contribution in [0, 0.1) is 17.0 Å². The molecular formula is C13H16N4O4. The zero-order valence-corrected chi connectivity index (χ0v) is 11.7. The number of nitrogens with one attached hydrogen (secondary N) is 1. The molecule has 1 fully saturated rings. The lowest BCUT2D eigenvalue weighted by molar-refractivity contribution is -0.385. The summed E-state index contributed by atoms with van der Waals surface area (Å²) < 4.78 is 0. The molecule has 0 spiro atoms. The Labute approximate surface area is 121 Å². The number of rotatable bonds is 6. The van der Waals surface area contributed by atoms with Gasteiger partial charge in [-0.2, -0.15) is 0 Å². The molecule has 1 aliphatic rings. The minimum Gasteiger partial charge on any atom is -0.370 e. The summed E-state index contributed by atoms with van der Waals surface area (Å²) in [7, 11) is 0. The molecule has 0 aromatic carbocycles. The van der Waals surface area contributed by atoms with Gasteiger partial charge in [0, 0.05) is 31.5 Å². The molecule has 1 N–H and O–H groups in total. The van der Waals surface area contributed by atoms with Crippen molar-refractivity contribution in [3.63, 3.8) is 0 Å². The predicted molar refractivity (Wildman–Crippen MR) is 74.7 cm³/mol. The fourth-order valence-electron chi connectivity index (χ4n) is 2.16. The number of aryl methyl sites for hydroxylation is 1. The van der Waals surface area contributed by atoms with Crippen LogP contribution < -0.4 is 5.32 Å². The number of carbonyl (C=O) groups is 2. The fraction of sp³-hybridized carbons (Fsp3) is 0.462. The summed E-state index contributed by atoms with van der Waals surface area (Å²) in [5.41, 5.74) is 0.510. The van der Waals surface area contributed by atoms with E-state index in [1.165, 1.54) is 11.1 Å². The van der Waals surface area contributed by atoms with Gasteiger partial charge < -0.3 is 5.32 Å². The molecule has 2 rings (SSSR count). The number of likely N-dealkylation sites (tertiary alicyclic amines) is 1. The van der Waals surface area contributed by atoms with Crippen LogP contribution >= 0.6 is 0 Å². The fourth-order valence-corrected chi connectivity index (χ4v) is 2.16. The van der Waals surface area contributed by atoms with E-state index in [4.69, 9.17) is 0 Å². The van der Waals surface area contributed by atoms with Gasteiger partial charge in [0.15, 0.2) is 0 Å². The van der Waals surface area contributed by atoms with Gasteiger partial charge in [-0.3, -0.25) is 24.6 Å². The number of imide groups is 1. The molecule has 1 aromatic rings. The Morgan fingerprint density at radius 3 is 2.62 bits per heavy atom. The second-order valence-electron chi connectivity index (χ2n) is 4.83. The normalized spacial score (nSPS) is 14.6. The maximum atomic E-state index is 11.4. The van der Waals surface area contributed by atoms with Gasteiger partial charge in [-0.15, -0.1) is 0 Å². The molecule has 2 heterocycles. The highest BCUT2D eigenvalue weighted by Crippen LogP contribution is 2.18. The third-order valence-electron chi connectivity index (χ3n) is 3.30. The number of anilines is 1. The Kier molecular flexibility index (Phi) is 4.46. The van der Waals surface area contributed by atoms with Crippen molar-refractivity contribution in [3.8, 4) is 0 Å². The van der Waals surface area contributed by atoms with Crippen molar-refractivity contribution in [2.24, 2.45) is 0 Å². The van der Waals surface area contributed by atoms with E-state index in [-0.39, 0.29) is 17.5 Å². The number of nitro groups is 1. The first kappa shape index (κ1) is 14.9. The number of hydrogen-bond acceptors (Lipinski definition) is 6. The summed E-state index contributed by atoms with van der Waals surface area (Å²) in [5, 5.41) is 13.7. The van der Waals surface area contributed by atoms with Crippen LogP contribution in [0.5, 0.6) is 0 Å². The van der Waals surface area contributed by atoms with Crippen LogP contribution in [-0.2, 0) is 9.59 Å². The summed E-state index contributed by atoms with van der Waals surface area (Å²) in [6.45, 7) is 2.56. The SMILES string of the molecule is Cc1cc(NCCCN2C(=O)CCC2=O)ncc1[N+](=O)[O-]. The van der Waals surface area contributed by atoms with Gasteiger partial charge in [0.2, 0.25) is 11.8 Å². The second-order valence-corrected chi connectivity index (χ2v) is 4.83. The third-order valence-corrected chi connectivity index (χ3v) is 3.30. The van der Waals surface area contributed by atoms with E-state index >= 15 is 0 Å². The van der Waals surface area contributed by atoms with Crippen LogP contribution in [0.25, 0.3) is 0 Å². The first-order chi connectivity index (χ1) is 9.99. The van der Waals surface area contributed by atoms with E-state index in [0.717, 1.165) is 0 Å². The highest BCUT2D eigenvalue weighted by Gasteiger charge is 2.27. The number of aromatic nitrogens is 1. The predicted octanol–water partition coefficient (Wildman–Crippen LogP) is 1.25. The Morgan fingerprint density at radius 1 is 1.38 bits per heavy atom. The zero-order valence-electron chi connectivity index (χ0n) is 11.7. The van der Waals surface area contributed by atoms with Crippen molar-refractivity contribution < 1.29 is 14.5 Å². The van der Waals surface area contributed by atoms with E-state index in [1.807, 2.05) is 0 Å². The van der Waals surface area contributed by atoms with Crippen molar-refractivity contribution in [1.82, 2.24) is 9.88 Å². The largest absolute Gasteiger partial charge is 0.370 e. The molecule has 0 saturated carbocycles. The van der Waals surface area contributed by atoms with Gasteiger partial charge in [-0.25, -0.2) is 4.98 Å². The van der Waals surface area contributed by atoms with E-state index in [0.29, 0.717) is 43.7 Å². The maximum Gasteiger partial charge on any atom is 0.290 e. The van der Waals surface area contributed by atoms with Gasteiger partial charge in [-0.05, 0) is 19.4 Å². The number of amides is 2. The van der Waals surface area contributed by atoms with Gasteiger partial charge >= 0.3 is 0 Å². The minimum atomic E-state index is -0.475. The van der Waals surface area contributed by atoms with Crippen molar-refractivity contribution in [1.29, 1.82) is 0 Å². The third kappa shape index (κ3) is 3.53. The van der Waals surface area contributed by atoms with Gasteiger partial charge in [-0.1, -0.05) is 0 Å². The van der Waals surface area contributed by atoms with E-state index < -0.39 is 4.92 Å². The van der Waals surface area contributed by atoms with Crippen molar-refractivity contribution in [3.05, 3.63) is 27.9 Å². The number of hydrogen-bond donors (Lipinski definition) is 1. The monoisotopic (exact) mass is 292 g/mol. The topological polar surface area (TPSA) is 105 Å². The molecule has 0 atom stereocenters. The Balaban J connectivity index is 1.81. The molecule has 8 nitrogen and oxygen atoms in total. The molecule has 1 saturated heterocycles. The molecule has 1 aliphatic heterocycles. The molecular weight excluding hydrogens is 276 g/mol. The second kappa shape index (κ2) is 6.29. The minimum absolute atomic E-state index is 0.0196. The average Bonchev–Trinajstić information content (AvgIpc) is 2.74. The lowest BCUT2D eigenvalue weighted by atomic mass is 10.2. The summed E-state index contributed by atoms with van der Waals surface area (Å²) in [6.07, 6.45) is 2.42. The Morgan fingerprint density at radius 2 is 2.05 bits per heavy atom. The first-order valence-corrected chi connectivity index (χ1v) is 6.67. The van der Waals surface area contributed by atoms with Crippen LogP contribution in [0.15, 0.2) is 12.3 Å². The van der Waals surface area contributed by atoms with Crippen molar-refractivity contribution in [2.75, 3.05) is 18.4 Å². The highest BCUT2D eigenvalue weighted by molar-refractivity contribution is 6.01. The molecule has 0 unspecified atom stereocenters. The molecule has 0 bridgehead atoms. The summed E-state index contributed by atoms with van der Waals surface area (Å²) in [6, 6.07) is 1.60. The van der Waals surface area contributed by atoms with Crippen LogP contribution in [0.1, 0.15) is 24.8 Å². The van der Waals surface area contributed by atoms with Crippen LogP contribution in [0.3, 0.4) is 0 Å². The van der Waals surface area contributed by atoms with Gasteiger partial charge in [0.1, 0.15) is 12.0 Å². The molecule has 21 heavy (non-hydrogen) atoms. The van der Waals surface area contributed by atoms with E-state index in [9.17, 15) is 19.7 Å². The van der Waals surface area contributed by atoms with Gasteiger partial charge in [0.25, 0.3) is 5.69 Å². The molecule has 0 aliphatic carbocycles. The number of nitrogens with zero attached hydrogens (tertiary/aromatic N) is 3. The number of pyridine rings is 1. The standard InChI is InChI=1S/C13H16N4O4/c1-9-7-11(15-8-10(9)17(20)21)14-5-2-6-16-12(18)3-4-13(16)19/h7-8H,2-6H2,1H3,(H,14,15). The molecule has 8 heteroatoms. The summed E-state index contributed by atoms with van der Waals surface area (Å²) >= 11 is 0. The van der Waals surface area contributed by atoms with Crippen molar-refractivity contribution >= 4 is 23.3 Å². The molecule has 112 valence electrons. The Hall–Kier alpha value is -2.51. The number of carbonyl (C=O) groups excluding carboxylic acids is 2. The summed E-state index contributed by atoms with van der Waals surface area (Å²) in [5.74, 6) is 0.297. The van der Waals surface area contributed by atoms with Crippen LogP contribution in [0.4, 0.5) is 11.5 Å². The van der Waals surface area contributed by atoms with Gasteiger partial charge in [0.05, 0.1) is 4.92 Å². The highest BCUT2D eigenvalue weighted by atomic mass is 16.6. The molecule has 0 radical (unpaired) electrons. The van der Waals surface area contributed by atoms with E-state index in [2.05, 4.69) is 10.3 Å². The molecule has 1 aromatic heterocycles. The first-order valence-electron chi connectivity index (χ1n) is 6.67. The maximum absolute atomic E-state index is 11.4. The Bertz CT molecular complexity index is 572. The molecule has 2 amide bonds. The average molecular weight is 292 g/mol. The lowest BCUT2D eigenvalue weighted by Crippen LogP contribution is -2.31. The van der Waals surface area contributed by atoms with E-state index in [1.54, 1.807) is 13.0 Å². The zero-order chi connectivity index (χ0) is 15.4. The van der Waals surface area contributed by atoms with Crippen LogP contribution in [0.2, 0.25) is 0 Å². The smallest absolute Gasteiger partial charge is 0.290 e. The summed E-state index contributed by atoms with van der Waals surface area (Å²) in [4.78, 5) is 38.2. The lowest BCUT2D eigenvalue weighted by Gasteiger charge is -2.13.